The van der Waals surface area contributed by atoms with Crippen LogP contribution in [0.3, 0.4) is 0 Å². The third-order valence-electron chi connectivity index (χ3n) is 13.8. The minimum absolute atomic E-state index is 0.0280. The van der Waals surface area contributed by atoms with Crippen LogP contribution in [0.25, 0.3) is 11.4 Å². The minimum atomic E-state index is -4.55. The number of carbonyl (C=O) groups is 4. The van der Waals surface area contributed by atoms with Crippen molar-refractivity contribution >= 4 is 33.7 Å². The first-order valence-corrected chi connectivity index (χ1v) is 23.5. The summed E-state index contributed by atoms with van der Waals surface area (Å²) in [5, 5.41) is 5.89. The fourth-order valence-electron chi connectivity index (χ4n) is 9.46. The molecule has 1 aromatic carbocycles. The highest BCUT2D eigenvalue weighted by Gasteiger charge is 2.63. The Balaban J connectivity index is 1.05. The molecule has 4 heterocycles. The van der Waals surface area contributed by atoms with Gasteiger partial charge in [-0.15, -0.1) is 0 Å². The summed E-state index contributed by atoms with van der Waals surface area (Å²) in [6.07, 6.45) is 12.5. The summed E-state index contributed by atoms with van der Waals surface area (Å²) in [6, 6.07) is 2.26. The molecule has 4 fully saturated rings. The van der Waals surface area contributed by atoms with Crippen LogP contribution >= 0.6 is 0 Å². The van der Waals surface area contributed by atoms with Crippen molar-refractivity contribution in [2.24, 2.45) is 11.8 Å². The maximum Gasteiger partial charge on any atom is 0.416 e. The van der Waals surface area contributed by atoms with Crippen LogP contribution in [0.4, 0.5) is 13.2 Å². The summed E-state index contributed by atoms with van der Waals surface area (Å²) in [6.45, 7) is 1.43. The SMILES string of the molecule is CC1(S(=O)(=O)NC(=O)[C@@]23C[C@H]2/C=C\CCCCC[C@H](NC(=O)C2CCCC2)C(=O)N2C[C@H](Oc4nc(-c5ccc(C(F)(F)F)cc5)nc5c4OC4C=CC=CC54)C[C@H]2C(=O)N3)CC1. The lowest BCUT2D eigenvalue weighted by Gasteiger charge is -2.30. The van der Waals surface area contributed by atoms with Crippen LogP contribution in [0.2, 0.25) is 0 Å². The first kappa shape index (κ1) is 43.0. The van der Waals surface area contributed by atoms with E-state index in [1.165, 1.54) is 17.0 Å². The lowest BCUT2D eigenvalue weighted by Crippen LogP contribution is -2.58. The molecule has 3 N–H and O–H groups in total. The van der Waals surface area contributed by atoms with Crippen LogP contribution in [0.5, 0.6) is 11.6 Å². The van der Waals surface area contributed by atoms with Crippen molar-refractivity contribution < 1.29 is 50.2 Å². The summed E-state index contributed by atoms with van der Waals surface area (Å²) in [4.78, 5) is 67.8. The summed E-state index contributed by atoms with van der Waals surface area (Å²) in [7, 11) is -4.05. The van der Waals surface area contributed by atoms with Crippen LogP contribution in [0.15, 0.2) is 60.7 Å². The third-order valence-corrected chi connectivity index (χ3v) is 15.9. The van der Waals surface area contributed by atoms with E-state index >= 15 is 0 Å². The maximum atomic E-state index is 14.8. The molecule has 3 saturated carbocycles. The number of hydrogen-bond acceptors (Lipinski definition) is 10. The average molecular weight is 893 g/mol. The first-order valence-electron chi connectivity index (χ1n) is 22.0. The van der Waals surface area contributed by atoms with E-state index in [1.807, 2.05) is 36.5 Å². The van der Waals surface area contributed by atoms with Gasteiger partial charge in [0.25, 0.3) is 11.8 Å². The van der Waals surface area contributed by atoms with E-state index < -0.39 is 80.0 Å². The molecule has 0 bridgehead atoms. The van der Waals surface area contributed by atoms with Gasteiger partial charge in [-0.2, -0.15) is 18.2 Å². The molecule has 1 aromatic heterocycles. The Kier molecular flexibility index (Phi) is 11.2. The Morgan fingerprint density at radius 2 is 1.70 bits per heavy atom. The number of carbonyl (C=O) groups excluding carboxylic acids is 4. The number of nitrogens with one attached hydrogen (secondary N) is 3. The van der Waals surface area contributed by atoms with Crippen molar-refractivity contribution in [1.82, 2.24) is 30.2 Å². The number of benzene rings is 1. The molecule has 7 aliphatic rings. The molecule has 0 spiro atoms. The van der Waals surface area contributed by atoms with E-state index in [4.69, 9.17) is 14.5 Å². The van der Waals surface area contributed by atoms with E-state index in [0.717, 1.165) is 50.7 Å². The summed E-state index contributed by atoms with van der Waals surface area (Å²) in [5.74, 6) is -3.05. The minimum Gasteiger partial charge on any atom is -0.478 e. The monoisotopic (exact) mass is 892 g/mol. The van der Waals surface area contributed by atoms with E-state index in [2.05, 4.69) is 20.3 Å². The quantitative estimate of drug-likeness (QED) is 0.284. The van der Waals surface area contributed by atoms with Crippen molar-refractivity contribution in [3.05, 3.63) is 72.0 Å². The van der Waals surface area contributed by atoms with Crippen LogP contribution < -0.4 is 24.8 Å². The smallest absolute Gasteiger partial charge is 0.416 e. The van der Waals surface area contributed by atoms with Gasteiger partial charge in [-0.1, -0.05) is 68.2 Å². The van der Waals surface area contributed by atoms with Crippen LogP contribution in [0, 0.1) is 11.8 Å². The van der Waals surface area contributed by atoms with Crippen LogP contribution in [-0.2, 0) is 35.4 Å². The summed E-state index contributed by atoms with van der Waals surface area (Å²) >= 11 is 0. The largest absolute Gasteiger partial charge is 0.478 e. The van der Waals surface area contributed by atoms with Gasteiger partial charge in [0.2, 0.25) is 33.5 Å². The predicted molar refractivity (Wildman–Crippen MR) is 222 cm³/mol. The Morgan fingerprint density at radius 3 is 2.43 bits per heavy atom. The molecule has 4 amide bonds. The maximum absolute atomic E-state index is 14.8. The van der Waals surface area contributed by atoms with E-state index in [9.17, 15) is 40.8 Å². The second-order valence-corrected chi connectivity index (χ2v) is 20.5. The van der Waals surface area contributed by atoms with Gasteiger partial charge in [0.05, 0.1) is 22.8 Å². The number of allylic oxidation sites excluding steroid dienone is 3. The number of rotatable bonds is 8. The molecule has 3 aliphatic heterocycles. The summed E-state index contributed by atoms with van der Waals surface area (Å²) < 4.78 is 81.1. The second kappa shape index (κ2) is 16.4. The van der Waals surface area contributed by atoms with E-state index in [-0.39, 0.29) is 54.6 Å². The molecule has 14 nitrogen and oxygen atoms in total. The van der Waals surface area contributed by atoms with Crippen LogP contribution in [0.1, 0.15) is 108 Å². The normalized spacial score (nSPS) is 30.6. The van der Waals surface area contributed by atoms with Crippen molar-refractivity contribution in [3.8, 4) is 23.0 Å². The van der Waals surface area contributed by atoms with Crippen molar-refractivity contribution in [3.63, 3.8) is 0 Å². The highest BCUT2D eigenvalue weighted by atomic mass is 32.2. The molecular weight excluding hydrogens is 842 g/mol. The number of hydrogen-bond donors (Lipinski definition) is 3. The zero-order valence-electron chi connectivity index (χ0n) is 34.9. The zero-order chi connectivity index (χ0) is 44.3. The molecule has 7 atom stereocenters. The van der Waals surface area contributed by atoms with Crippen molar-refractivity contribution in [1.29, 1.82) is 0 Å². The number of ether oxygens (including phenoxy) is 2. The highest BCUT2D eigenvalue weighted by Crippen LogP contribution is 2.49. The Bertz CT molecular complexity index is 2380. The number of aromatic nitrogens is 2. The average Bonchev–Trinajstić information content (AvgIpc) is 3.88. The number of sulfonamides is 1. The number of fused-ring (bicyclic) bond motifs is 5. The molecular formula is C45H51F3N6O8S. The topological polar surface area (TPSA) is 186 Å². The predicted octanol–water partition coefficient (Wildman–Crippen LogP) is 5.55. The Morgan fingerprint density at radius 1 is 0.968 bits per heavy atom. The molecule has 2 aromatic rings. The lowest BCUT2D eigenvalue weighted by atomic mass is 9.96. The Labute approximate surface area is 363 Å². The number of alkyl halides is 3. The van der Waals surface area contributed by atoms with Crippen molar-refractivity contribution in [2.45, 2.75) is 137 Å². The van der Waals surface area contributed by atoms with Gasteiger partial charge in [-0.3, -0.25) is 23.9 Å². The Hall–Kier alpha value is -5.26. The lowest BCUT2D eigenvalue weighted by molar-refractivity contribution is -0.143. The van der Waals surface area contributed by atoms with E-state index in [0.29, 0.717) is 43.4 Å². The van der Waals surface area contributed by atoms with Gasteiger partial charge >= 0.3 is 6.18 Å². The van der Waals surface area contributed by atoms with Gasteiger partial charge in [-0.05, 0) is 76.5 Å². The molecule has 9 rings (SSSR count). The number of amides is 4. The molecule has 1 saturated heterocycles. The number of halogens is 3. The molecule has 0 radical (unpaired) electrons. The number of nitrogens with zero attached hydrogens (tertiary/aromatic N) is 3. The fraction of sp³-hybridized carbons (Fsp3) is 0.556. The summed E-state index contributed by atoms with van der Waals surface area (Å²) in [5.41, 5.74) is -1.69. The molecule has 336 valence electrons. The standard InChI is InChI=1S/C45H51F3N6O8S/c1-43(21-22-43)63(59,60)53-42(58)44-24-29(44)13-5-3-2-4-6-15-32(49-38(55)27-11-7-8-12-27)41(57)54-25-30(23-33(54)39(56)52-44)61-40-36-35(31-14-9-10-16-34(31)62-36)50-37(51-40)26-17-19-28(20-18-26)45(46,47)48/h5,9-10,13-14,16-20,27,29-34H,2-4,6-8,11-12,15,21-25H2,1H3,(H,49,55)(H,52,56)(H,53,58)/b13-5-/t29-,30-,31?,32+,33+,34?,44-/m1/s1. The molecule has 2 unspecified atom stereocenters. The fourth-order valence-corrected chi connectivity index (χ4v) is 10.8. The van der Waals surface area contributed by atoms with Gasteiger partial charge in [0, 0.05) is 23.8 Å². The van der Waals surface area contributed by atoms with Gasteiger partial charge < -0.3 is 25.0 Å². The third kappa shape index (κ3) is 8.46. The molecule has 63 heavy (non-hydrogen) atoms. The zero-order valence-corrected chi connectivity index (χ0v) is 35.7. The van der Waals surface area contributed by atoms with Gasteiger partial charge in [0.1, 0.15) is 35.5 Å². The highest BCUT2D eigenvalue weighted by molar-refractivity contribution is 7.91. The first-order chi connectivity index (χ1) is 30.0. The molecule has 4 aliphatic carbocycles. The molecule has 18 heteroatoms. The second-order valence-electron chi connectivity index (χ2n) is 18.3. The van der Waals surface area contributed by atoms with Crippen LogP contribution in [-0.4, -0.2) is 88.0 Å². The van der Waals surface area contributed by atoms with Gasteiger partial charge in [0.15, 0.2) is 5.82 Å². The van der Waals surface area contributed by atoms with Crippen molar-refractivity contribution in [2.75, 3.05) is 6.54 Å². The van der Waals surface area contributed by atoms with E-state index in [1.54, 1.807) is 6.92 Å². The van der Waals surface area contributed by atoms with Gasteiger partial charge in [-0.25, -0.2) is 13.4 Å².